The molecular formula is C19H26N4O3. The zero-order valence-electron chi connectivity index (χ0n) is 15.7. The molecule has 1 fully saturated rings. The molecule has 140 valence electrons. The van der Waals surface area contributed by atoms with Gasteiger partial charge in [-0.05, 0) is 38.8 Å². The molecule has 26 heavy (non-hydrogen) atoms. The summed E-state index contributed by atoms with van der Waals surface area (Å²) in [5.41, 5.74) is 2.82. The van der Waals surface area contributed by atoms with E-state index in [-0.39, 0.29) is 18.1 Å². The highest BCUT2D eigenvalue weighted by Gasteiger charge is 2.40. The Morgan fingerprint density at radius 3 is 2.81 bits per heavy atom. The van der Waals surface area contributed by atoms with E-state index in [1.165, 1.54) is 0 Å². The van der Waals surface area contributed by atoms with Crippen LogP contribution in [-0.2, 0) is 18.3 Å². The zero-order valence-corrected chi connectivity index (χ0v) is 15.7. The number of nitrogens with zero attached hydrogens (tertiary/aromatic N) is 4. The number of amides is 1. The van der Waals surface area contributed by atoms with Crippen molar-refractivity contribution in [3.05, 3.63) is 41.5 Å². The molecule has 3 atom stereocenters. The van der Waals surface area contributed by atoms with Gasteiger partial charge in [0.05, 0.1) is 24.4 Å². The number of carbonyl (C=O) groups excluding carboxylic acids is 1. The Morgan fingerprint density at radius 2 is 2.19 bits per heavy atom. The number of carbonyl (C=O) groups is 1. The van der Waals surface area contributed by atoms with Crippen molar-refractivity contribution in [3.63, 3.8) is 0 Å². The molecule has 1 aliphatic rings. The summed E-state index contributed by atoms with van der Waals surface area (Å²) < 4.78 is 7.64. The van der Waals surface area contributed by atoms with E-state index in [1.54, 1.807) is 35.1 Å². The fraction of sp³-hybridized carbons (Fsp3) is 0.526. The zero-order chi connectivity index (χ0) is 18.8. The molecular weight excluding hydrogens is 332 g/mol. The standard InChI is InChI=1S/C19H26N4O3/c1-12-15(13(2)23(4)21-12)10-18(24)22(3)16-7-8-17(19(16)25)26-14-6-5-9-20-11-14/h5-6,9,11,16-17,19,25H,7-8,10H2,1-4H3/t16-,17-,19-/m1/s1. The van der Waals surface area contributed by atoms with Crippen LogP contribution in [0.15, 0.2) is 24.5 Å². The van der Waals surface area contributed by atoms with Crippen LogP contribution in [0.1, 0.15) is 29.8 Å². The first-order valence-corrected chi connectivity index (χ1v) is 8.88. The van der Waals surface area contributed by atoms with E-state index in [1.807, 2.05) is 27.0 Å². The average molecular weight is 358 g/mol. The minimum Gasteiger partial charge on any atom is -0.486 e. The topological polar surface area (TPSA) is 80.5 Å². The van der Waals surface area contributed by atoms with Crippen molar-refractivity contribution in [2.45, 2.75) is 51.4 Å². The summed E-state index contributed by atoms with van der Waals surface area (Å²) in [5, 5.41) is 15.0. The summed E-state index contributed by atoms with van der Waals surface area (Å²) in [7, 11) is 3.63. The first-order valence-electron chi connectivity index (χ1n) is 8.88. The van der Waals surface area contributed by atoms with Gasteiger partial charge in [0.15, 0.2) is 0 Å². The summed E-state index contributed by atoms with van der Waals surface area (Å²) in [6.45, 7) is 3.88. The molecule has 7 nitrogen and oxygen atoms in total. The Labute approximate surface area is 153 Å². The van der Waals surface area contributed by atoms with E-state index in [4.69, 9.17) is 4.74 Å². The Kier molecular flexibility index (Phi) is 5.27. The molecule has 1 aliphatic carbocycles. The van der Waals surface area contributed by atoms with Gasteiger partial charge in [-0.25, -0.2) is 0 Å². The van der Waals surface area contributed by atoms with E-state index in [2.05, 4.69) is 10.1 Å². The Bertz CT molecular complexity index is 775. The SMILES string of the molecule is Cc1nn(C)c(C)c1CC(=O)N(C)[C@@H]1CC[C@@H](Oc2cccnc2)[C@@H]1O. The van der Waals surface area contributed by atoms with Crippen molar-refractivity contribution in [1.29, 1.82) is 0 Å². The average Bonchev–Trinajstić information content (AvgIpc) is 3.09. The van der Waals surface area contributed by atoms with E-state index in [0.29, 0.717) is 25.0 Å². The molecule has 1 N–H and O–H groups in total. The van der Waals surface area contributed by atoms with Crippen LogP contribution < -0.4 is 4.74 Å². The molecule has 0 radical (unpaired) electrons. The van der Waals surface area contributed by atoms with Gasteiger partial charge in [-0.15, -0.1) is 0 Å². The van der Waals surface area contributed by atoms with Crippen LogP contribution in [0.3, 0.4) is 0 Å². The third-order valence-corrected chi connectivity index (χ3v) is 5.32. The second-order valence-corrected chi connectivity index (χ2v) is 6.93. The molecule has 1 amide bonds. The highest BCUT2D eigenvalue weighted by molar-refractivity contribution is 5.79. The normalized spacial score (nSPS) is 22.4. The smallest absolute Gasteiger partial charge is 0.227 e. The lowest BCUT2D eigenvalue weighted by molar-refractivity contribution is -0.133. The monoisotopic (exact) mass is 358 g/mol. The van der Waals surface area contributed by atoms with Crippen molar-refractivity contribution in [2.24, 2.45) is 7.05 Å². The predicted molar refractivity (Wildman–Crippen MR) is 96.8 cm³/mol. The summed E-state index contributed by atoms with van der Waals surface area (Å²) in [6.07, 6.45) is 3.95. The Morgan fingerprint density at radius 1 is 1.42 bits per heavy atom. The number of hydrogen-bond donors (Lipinski definition) is 1. The van der Waals surface area contributed by atoms with E-state index >= 15 is 0 Å². The van der Waals surface area contributed by atoms with Gasteiger partial charge in [-0.1, -0.05) is 0 Å². The maximum atomic E-state index is 12.8. The Hall–Kier alpha value is -2.41. The van der Waals surface area contributed by atoms with Gasteiger partial charge < -0.3 is 14.7 Å². The highest BCUT2D eigenvalue weighted by atomic mass is 16.5. The number of aliphatic hydroxyl groups is 1. The van der Waals surface area contributed by atoms with E-state index in [9.17, 15) is 9.90 Å². The first kappa shape index (κ1) is 18.4. The number of aryl methyl sites for hydroxylation is 2. The third kappa shape index (κ3) is 3.58. The summed E-state index contributed by atoms with van der Waals surface area (Å²) in [6, 6.07) is 3.36. The van der Waals surface area contributed by atoms with Crippen molar-refractivity contribution in [3.8, 4) is 5.75 Å². The number of aromatic nitrogens is 3. The maximum Gasteiger partial charge on any atom is 0.227 e. The van der Waals surface area contributed by atoms with Gasteiger partial charge in [0.25, 0.3) is 0 Å². The van der Waals surface area contributed by atoms with Gasteiger partial charge in [-0.3, -0.25) is 14.5 Å². The summed E-state index contributed by atoms with van der Waals surface area (Å²) >= 11 is 0. The van der Waals surface area contributed by atoms with E-state index in [0.717, 1.165) is 17.0 Å². The van der Waals surface area contributed by atoms with Crippen LogP contribution in [0.2, 0.25) is 0 Å². The van der Waals surface area contributed by atoms with Gasteiger partial charge >= 0.3 is 0 Å². The van der Waals surface area contributed by atoms with Crippen LogP contribution in [-0.4, -0.2) is 56.0 Å². The molecule has 0 unspecified atom stereocenters. The number of rotatable bonds is 5. The fourth-order valence-corrected chi connectivity index (χ4v) is 3.60. The molecule has 0 spiro atoms. The van der Waals surface area contributed by atoms with Gasteiger partial charge in [-0.2, -0.15) is 5.10 Å². The van der Waals surface area contributed by atoms with Crippen molar-refractivity contribution >= 4 is 5.91 Å². The van der Waals surface area contributed by atoms with Crippen molar-refractivity contribution in [1.82, 2.24) is 19.7 Å². The molecule has 0 aromatic carbocycles. The molecule has 0 saturated heterocycles. The minimum absolute atomic E-state index is 0.0183. The molecule has 0 aliphatic heterocycles. The minimum atomic E-state index is -0.722. The second kappa shape index (κ2) is 7.45. The predicted octanol–water partition coefficient (Wildman–Crippen LogP) is 1.40. The second-order valence-electron chi connectivity index (χ2n) is 6.93. The van der Waals surface area contributed by atoms with Crippen LogP contribution in [0.25, 0.3) is 0 Å². The number of hydrogen-bond acceptors (Lipinski definition) is 5. The van der Waals surface area contributed by atoms with Crippen molar-refractivity contribution < 1.29 is 14.6 Å². The van der Waals surface area contributed by atoms with Crippen LogP contribution in [0, 0.1) is 13.8 Å². The molecule has 3 rings (SSSR count). The third-order valence-electron chi connectivity index (χ3n) is 5.32. The summed E-state index contributed by atoms with van der Waals surface area (Å²) in [4.78, 5) is 18.4. The van der Waals surface area contributed by atoms with E-state index < -0.39 is 6.10 Å². The van der Waals surface area contributed by atoms with Gasteiger partial charge in [0, 0.05) is 31.5 Å². The lowest BCUT2D eigenvalue weighted by Crippen LogP contribution is -2.46. The largest absolute Gasteiger partial charge is 0.486 e. The number of pyridine rings is 1. The molecule has 2 aromatic heterocycles. The number of aliphatic hydroxyl groups excluding tert-OH is 1. The number of likely N-dealkylation sites (N-methyl/N-ethyl adjacent to an activating group) is 1. The number of ether oxygens (including phenoxy) is 1. The van der Waals surface area contributed by atoms with Crippen LogP contribution >= 0.6 is 0 Å². The molecule has 2 heterocycles. The molecule has 0 bridgehead atoms. The maximum absolute atomic E-state index is 12.8. The summed E-state index contributed by atoms with van der Waals surface area (Å²) in [5.74, 6) is 0.614. The molecule has 2 aromatic rings. The lowest BCUT2D eigenvalue weighted by atomic mass is 10.1. The molecule has 1 saturated carbocycles. The lowest BCUT2D eigenvalue weighted by Gasteiger charge is -2.29. The first-order chi connectivity index (χ1) is 12.4. The molecule has 7 heteroatoms. The van der Waals surface area contributed by atoms with Crippen LogP contribution in [0.5, 0.6) is 5.75 Å². The highest BCUT2D eigenvalue weighted by Crippen LogP contribution is 2.28. The fourth-order valence-electron chi connectivity index (χ4n) is 3.60. The Balaban J connectivity index is 1.64. The van der Waals surface area contributed by atoms with Crippen molar-refractivity contribution in [2.75, 3.05) is 7.05 Å². The van der Waals surface area contributed by atoms with Gasteiger partial charge in [0.1, 0.15) is 18.0 Å². The quantitative estimate of drug-likeness (QED) is 0.874. The van der Waals surface area contributed by atoms with Gasteiger partial charge in [0.2, 0.25) is 5.91 Å². The van der Waals surface area contributed by atoms with Crippen LogP contribution in [0.4, 0.5) is 0 Å².